The maximum Gasteiger partial charge on any atom is 0.234 e. The number of nitriles is 1. The summed E-state index contributed by atoms with van der Waals surface area (Å²) in [6.07, 6.45) is 0.624. The molecular formula is C24H18ClN5OS. The van der Waals surface area contributed by atoms with Crippen molar-refractivity contribution in [1.82, 2.24) is 14.8 Å². The number of halogens is 1. The van der Waals surface area contributed by atoms with Gasteiger partial charge in [0.15, 0.2) is 5.16 Å². The van der Waals surface area contributed by atoms with Crippen molar-refractivity contribution in [2.24, 2.45) is 0 Å². The zero-order valence-corrected chi connectivity index (χ0v) is 18.5. The summed E-state index contributed by atoms with van der Waals surface area (Å²) in [7, 11) is 0. The third-order valence-electron chi connectivity index (χ3n) is 4.63. The van der Waals surface area contributed by atoms with Gasteiger partial charge >= 0.3 is 0 Å². The number of hydrogen-bond acceptors (Lipinski definition) is 5. The van der Waals surface area contributed by atoms with Gasteiger partial charge in [0, 0.05) is 17.8 Å². The molecule has 0 bridgehead atoms. The molecule has 0 fully saturated rings. The summed E-state index contributed by atoms with van der Waals surface area (Å²) in [6, 6.07) is 26.7. The molecular weight excluding hydrogens is 442 g/mol. The van der Waals surface area contributed by atoms with E-state index in [9.17, 15) is 4.79 Å². The molecule has 1 heterocycles. The van der Waals surface area contributed by atoms with Crippen LogP contribution in [0.15, 0.2) is 84.0 Å². The molecule has 1 aromatic heterocycles. The van der Waals surface area contributed by atoms with Gasteiger partial charge in [0.25, 0.3) is 0 Å². The van der Waals surface area contributed by atoms with E-state index in [0.29, 0.717) is 27.9 Å². The van der Waals surface area contributed by atoms with Gasteiger partial charge in [-0.3, -0.25) is 9.36 Å². The fourth-order valence-corrected chi connectivity index (χ4v) is 4.13. The Labute approximate surface area is 194 Å². The summed E-state index contributed by atoms with van der Waals surface area (Å²) in [5.41, 5.74) is 2.96. The second-order valence-corrected chi connectivity index (χ2v) is 8.23. The number of para-hydroxylation sites is 1. The zero-order chi connectivity index (χ0) is 22.3. The number of amides is 1. The highest BCUT2D eigenvalue weighted by Crippen LogP contribution is 2.24. The average molecular weight is 460 g/mol. The highest BCUT2D eigenvalue weighted by atomic mass is 35.5. The zero-order valence-electron chi connectivity index (χ0n) is 16.9. The smallest absolute Gasteiger partial charge is 0.234 e. The number of hydrogen-bond donors (Lipinski definition) is 1. The summed E-state index contributed by atoms with van der Waals surface area (Å²) in [5, 5.41) is 21.4. The van der Waals surface area contributed by atoms with Crippen LogP contribution in [0.1, 0.15) is 17.0 Å². The number of anilines is 1. The van der Waals surface area contributed by atoms with Crippen molar-refractivity contribution in [3.63, 3.8) is 0 Å². The first-order chi connectivity index (χ1) is 15.6. The van der Waals surface area contributed by atoms with Gasteiger partial charge < -0.3 is 5.32 Å². The van der Waals surface area contributed by atoms with Crippen LogP contribution in [0.3, 0.4) is 0 Å². The summed E-state index contributed by atoms with van der Waals surface area (Å²) in [5.74, 6) is 0.737. The summed E-state index contributed by atoms with van der Waals surface area (Å²) in [6.45, 7) is 0. The third kappa shape index (κ3) is 5.17. The van der Waals surface area contributed by atoms with E-state index in [2.05, 4.69) is 15.5 Å². The minimum atomic E-state index is -0.206. The van der Waals surface area contributed by atoms with Crippen molar-refractivity contribution in [1.29, 1.82) is 5.26 Å². The molecule has 0 aliphatic carbocycles. The first-order valence-corrected chi connectivity index (χ1v) is 11.2. The highest BCUT2D eigenvalue weighted by Gasteiger charge is 2.16. The van der Waals surface area contributed by atoms with Gasteiger partial charge in [-0.2, -0.15) is 5.26 Å². The van der Waals surface area contributed by atoms with Gasteiger partial charge in [0.2, 0.25) is 5.91 Å². The van der Waals surface area contributed by atoms with E-state index >= 15 is 0 Å². The van der Waals surface area contributed by atoms with Gasteiger partial charge in [-0.15, -0.1) is 10.2 Å². The predicted molar refractivity (Wildman–Crippen MR) is 126 cm³/mol. The van der Waals surface area contributed by atoms with Crippen LogP contribution in [0.25, 0.3) is 5.69 Å². The number of rotatable bonds is 7. The van der Waals surface area contributed by atoms with Crippen LogP contribution in [-0.2, 0) is 11.2 Å². The highest BCUT2D eigenvalue weighted by molar-refractivity contribution is 7.99. The molecule has 8 heteroatoms. The lowest BCUT2D eigenvalue weighted by atomic mass is 10.1. The molecule has 0 saturated heterocycles. The van der Waals surface area contributed by atoms with E-state index in [4.69, 9.17) is 16.9 Å². The lowest BCUT2D eigenvalue weighted by Gasteiger charge is -2.10. The molecule has 3 aromatic carbocycles. The molecule has 0 spiro atoms. The Bertz CT molecular complexity index is 1270. The van der Waals surface area contributed by atoms with Crippen LogP contribution < -0.4 is 5.32 Å². The van der Waals surface area contributed by atoms with Gasteiger partial charge in [0.1, 0.15) is 11.9 Å². The number of nitrogens with one attached hydrogen (secondary N) is 1. The van der Waals surface area contributed by atoms with Crippen LogP contribution in [0.2, 0.25) is 5.02 Å². The number of thioether (sulfide) groups is 1. The maximum absolute atomic E-state index is 12.5. The largest absolute Gasteiger partial charge is 0.325 e. The van der Waals surface area contributed by atoms with Crippen LogP contribution >= 0.6 is 23.4 Å². The molecule has 32 heavy (non-hydrogen) atoms. The number of aromatic nitrogens is 3. The number of carbonyl (C=O) groups excluding carboxylic acids is 1. The minimum Gasteiger partial charge on any atom is -0.325 e. The van der Waals surface area contributed by atoms with Crippen molar-refractivity contribution in [2.45, 2.75) is 11.6 Å². The molecule has 0 aliphatic rings. The monoisotopic (exact) mass is 459 g/mol. The summed E-state index contributed by atoms with van der Waals surface area (Å²) < 4.78 is 1.98. The van der Waals surface area contributed by atoms with Gasteiger partial charge in [-0.1, -0.05) is 71.9 Å². The predicted octanol–water partition coefficient (Wildman–Crippen LogP) is 5.11. The normalized spacial score (nSPS) is 10.5. The van der Waals surface area contributed by atoms with Crippen molar-refractivity contribution >= 4 is 35.0 Å². The molecule has 0 atom stereocenters. The fraction of sp³-hybridized carbons (Fsp3) is 0.0833. The van der Waals surface area contributed by atoms with Crippen LogP contribution in [-0.4, -0.2) is 26.4 Å². The number of carbonyl (C=O) groups is 1. The summed E-state index contributed by atoms with van der Waals surface area (Å²) >= 11 is 7.35. The lowest BCUT2D eigenvalue weighted by Crippen LogP contribution is -2.14. The average Bonchev–Trinajstić information content (AvgIpc) is 3.21. The second kappa shape index (κ2) is 10.1. The molecule has 0 aliphatic heterocycles. The van der Waals surface area contributed by atoms with E-state index in [1.807, 2.05) is 71.3 Å². The molecule has 0 saturated carbocycles. The van der Waals surface area contributed by atoms with Crippen LogP contribution in [0, 0.1) is 11.3 Å². The molecule has 158 valence electrons. The van der Waals surface area contributed by atoms with Crippen molar-refractivity contribution in [3.8, 4) is 11.8 Å². The SMILES string of the molecule is N#Cc1ccc(NC(=O)CSc2nnc(Cc3ccccc3)n2-c2ccccc2)cc1Cl. The van der Waals surface area contributed by atoms with E-state index in [-0.39, 0.29) is 11.7 Å². The van der Waals surface area contributed by atoms with Gasteiger partial charge in [0.05, 0.1) is 16.3 Å². The summed E-state index contributed by atoms with van der Waals surface area (Å²) in [4.78, 5) is 12.5. The molecule has 0 radical (unpaired) electrons. The van der Waals surface area contributed by atoms with E-state index in [0.717, 1.165) is 17.1 Å². The Hall–Kier alpha value is -3.60. The Balaban J connectivity index is 1.51. The van der Waals surface area contributed by atoms with E-state index in [1.54, 1.807) is 18.2 Å². The van der Waals surface area contributed by atoms with Crippen molar-refractivity contribution in [3.05, 3.63) is 101 Å². The number of benzene rings is 3. The Morgan fingerprint density at radius 2 is 1.75 bits per heavy atom. The van der Waals surface area contributed by atoms with E-state index in [1.165, 1.54) is 11.8 Å². The third-order valence-corrected chi connectivity index (χ3v) is 5.87. The Morgan fingerprint density at radius 1 is 1.03 bits per heavy atom. The lowest BCUT2D eigenvalue weighted by molar-refractivity contribution is -0.113. The van der Waals surface area contributed by atoms with Crippen molar-refractivity contribution < 1.29 is 4.79 Å². The molecule has 6 nitrogen and oxygen atoms in total. The molecule has 4 aromatic rings. The van der Waals surface area contributed by atoms with Crippen LogP contribution in [0.4, 0.5) is 5.69 Å². The minimum absolute atomic E-state index is 0.147. The van der Waals surface area contributed by atoms with Crippen molar-refractivity contribution in [2.75, 3.05) is 11.1 Å². The number of nitrogens with zero attached hydrogens (tertiary/aromatic N) is 4. The van der Waals surface area contributed by atoms with Gasteiger partial charge in [-0.05, 0) is 35.9 Å². The Kier molecular flexibility index (Phi) is 6.85. The van der Waals surface area contributed by atoms with E-state index < -0.39 is 0 Å². The topological polar surface area (TPSA) is 83.6 Å². The molecule has 1 N–H and O–H groups in total. The molecule has 0 unspecified atom stereocenters. The molecule has 1 amide bonds. The van der Waals surface area contributed by atoms with Gasteiger partial charge in [-0.25, -0.2) is 0 Å². The fourth-order valence-electron chi connectivity index (χ4n) is 3.13. The molecule has 4 rings (SSSR count). The maximum atomic E-state index is 12.5. The first kappa shape index (κ1) is 21.6. The standard InChI is InChI=1S/C24H18ClN5OS/c25-21-14-19(12-11-18(21)15-26)27-23(31)16-32-24-29-28-22(13-17-7-3-1-4-8-17)30(24)20-9-5-2-6-10-20/h1-12,14H,13,16H2,(H,27,31). The Morgan fingerprint density at radius 3 is 2.44 bits per heavy atom. The quantitative estimate of drug-likeness (QED) is 0.388. The van der Waals surface area contributed by atoms with Crippen LogP contribution in [0.5, 0.6) is 0 Å². The second-order valence-electron chi connectivity index (χ2n) is 6.88. The first-order valence-electron chi connectivity index (χ1n) is 9.80.